The first-order chi connectivity index (χ1) is 6.22. The van der Waals surface area contributed by atoms with Crippen LogP contribution in [0.1, 0.15) is 4.88 Å². The lowest BCUT2D eigenvalue weighted by molar-refractivity contribution is -0.456. The third kappa shape index (κ3) is 3.75. The summed E-state index contributed by atoms with van der Waals surface area (Å²) in [5.41, 5.74) is 0. The smallest absolute Gasteiger partial charge is 0.254 e. The highest BCUT2D eigenvalue weighted by Gasteiger charge is 2.03. The van der Waals surface area contributed by atoms with Gasteiger partial charge in [0, 0.05) is 16.9 Å². The minimum atomic E-state index is -0.333. The van der Waals surface area contributed by atoms with Gasteiger partial charge in [0.15, 0.2) is 0 Å². The Morgan fingerprint density at radius 2 is 2.46 bits per heavy atom. The molecule has 1 heterocycles. The van der Waals surface area contributed by atoms with Crippen LogP contribution in [0.25, 0.3) is 0 Å². The molecule has 0 saturated carbocycles. The van der Waals surface area contributed by atoms with Gasteiger partial charge in [0.25, 0.3) is 5.88 Å². The molecule has 0 aliphatic heterocycles. The largest absolute Gasteiger partial charge is 0.379 e. The van der Waals surface area contributed by atoms with Crippen LogP contribution in [0.4, 0.5) is 0 Å². The monoisotopic (exact) mass is 219 g/mol. The van der Waals surface area contributed by atoms with Crippen molar-refractivity contribution in [2.45, 2.75) is 10.8 Å². The zero-order valence-corrected chi connectivity index (χ0v) is 8.69. The normalized spacial score (nSPS) is 10.2. The standard InChI is InChI=1S/C7H9NO3S2/c1-11-4-6-2-3-7(13-6)12-5-8(9)10/h2-3H,4-5H2,1H3. The number of nitro groups is 1. The van der Waals surface area contributed by atoms with Crippen LogP contribution in [0.5, 0.6) is 0 Å². The molecule has 0 aromatic carbocycles. The van der Waals surface area contributed by atoms with E-state index in [1.165, 1.54) is 23.1 Å². The van der Waals surface area contributed by atoms with E-state index < -0.39 is 0 Å². The van der Waals surface area contributed by atoms with Crippen LogP contribution in [0.15, 0.2) is 16.3 Å². The lowest BCUT2D eigenvalue weighted by Gasteiger charge is -1.91. The van der Waals surface area contributed by atoms with Crippen molar-refractivity contribution in [2.75, 3.05) is 13.0 Å². The molecule has 0 spiro atoms. The highest BCUT2D eigenvalue weighted by Crippen LogP contribution is 2.27. The van der Waals surface area contributed by atoms with Gasteiger partial charge in [-0.1, -0.05) is 0 Å². The molecule has 13 heavy (non-hydrogen) atoms. The van der Waals surface area contributed by atoms with Gasteiger partial charge in [0.2, 0.25) is 0 Å². The SMILES string of the molecule is COCc1ccc(SC[N+](=O)[O-])s1. The molecule has 0 radical (unpaired) electrons. The first-order valence-corrected chi connectivity index (χ1v) is 5.35. The summed E-state index contributed by atoms with van der Waals surface area (Å²) in [4.78, 5) is 10.8. The molecule has 6 heteroatoms. The van der Waals surface area contributed by atoms with Crippen molar-refractivity contribution in [3.05, 3.63) is 27.1 Å². The highest BCUT2D eigenvalue weighted by molar-refractivity contribution is 8.00. The number of thiophene rings is 1. The summed E-state index contributed by atoms with van der Waals surface area (Å²) in [5.74, 6) is -0.0765. The van der Waals surface area contributed by atoms with Crippen LogP contribution < -0.4 is 0 Å². The van der Waals surface area contributed by atoms with E-state index in [9.17, 15) is 10.1 Å². The van der Waals surface area contributed by atoms with Crippen molar-refractivity contribution in [1.82, 2.24) is 0 Å². The fraction of sp³-hybridized carbons (Fsp3) is 0.429. The predicted octanol–water partition coefficient (Wildman–Crippen LogP) is 2.22. The number of hydrogen-bond donors (Lipinski definition) is 0. The minimum Gasteiger partial charge on any atom is -0.379 e. The molecule has 0 atom stereocenters. The van der Waals surface area contributed by atoms with E-state index in [1.807, 2.05) is 12.1 Å². The van der Waals surface area contributed by atoms with Crippen molar-refractivity contribution in [2.24, 2.45) is 0 Å². The lowest BCUT2D eigenvalue weighted by atomic mass is 10.5. The Kier molecular flexibility index (Phi) is 4.20. The van der Waals surface area contributed by atoms with Gasteiger partial charge in [-0.2, -0.15) is 0 Å². The zero-order valence-electron chi connectivity index (χ0n) is 7.06. The first-order valence-electron chi connectivity index (χ1n) is 3.54. The van der Waals surface area contributed by atoms with Crippen LogP contribution in [0.3, 0.4) is 0 Å². The lowest BCUT2D eigenvalue weighted by Crippen LogP contribution is -1.93. The molecule has 0 unspecified atom stereocenters. The van der Waals surface area contributed by atoms with E-state index in [4.69, 9.17) is 4.74 Å². The molecule has 1 aromatic rings. The predicted molar refractivity (Wildman–Crippen MR) is 52.8 cm³/mol. The summed E-state index contributed by atoms with van der Waals surface area (Å²) in [6, 6.07) is 3.81. The van der Waals surface area contributed by atoms with E-state index in [-0.39, 0.29) is 10.8 Å². The summed E-state index contributed by atoms with van der Waals surface area (Å²) in [6.45, 7) is 0.573. The molecular formula is C7H9NO3S2. The second-order valence-corrected chi connectivity index (χ2v) is 4.67. The summed E-state index contributed by atoms with van der Waals surface area (Å²) < 4.78 is 5.90. The van der Waals surface area contributed by atoms with Crippen molar-refractivity contribution < 1.29 is 9.66 Å². The van der Waals surface area contributed by atoms with E-state index in [0.29, 0.717) is 6.61 Å². The zero-order chi connectivity index (χ0) is 9.68. The van der Waals surface area contributed by atoms with Gasteiger partial charge in [-0.25, -0.2) is 0 Å². The topological polar surface area (TPSA) is 52.4 Å². The number of methoxy groups -OCH3 is 1. The highest BCUT2D eigenvalue weighted by atomic mass is 32.2. The van der Waals surface area contributed by atoms with Gasteiger partial charge in [-0.05, 0) is 23.9 Å². The van der Waals surface area contributed by atoms with E-state index in [0.717, 1.165) is 9.09 Å². The Morgan fingerprint density at radius 3 is 3.08 bits per heavy atom. The quantitative estimate of drug-likeness (QED) is 0.330. The van der Waals surface area contributed by atoms with Crippen LogP contribution in [0.2, 0.25) is 0 Å². The number of thioether (sulfide) groups is 1. The van der Waals surface area contributed by atoms with Crippen molar-refractivity contribution in [1.29, 1.82) is 0 Å². The third-order valence-corrected chi connectivity index (χ3v) is 3.45. The number of rotatable bonds is 5. The average molecular weight is 219 g/mol. The average Bonchev–Trinajstić information content (AvgIpc) is 2.50. The Labute approximate surface area is 84.1 Å². The maximum Gasteiger partial charge on any atom is 0.254 e. The van der Waals surface area contributed by atoms with Gasteiger partial charge >= 0.3 is 0 Å². The summed E-state index contributed by atoms with van der Waals surface area (Å²) in [6.07, 6.45) is 0. The van der Waals surface area contributed by atoms with Crippen LogP contribution in [0, 0.1) is 10.1 Å². The fourth-order valence-corrected chi connectivity index (χ4v) is 2.59. The molecule has 0 fully saturated rings. The molecule has 0 aliphatic carbocycles. The van der Waals surface area contributed by atoms with Gasteiger partial charge < -0.3 is 4.74 Å². The fourth-order valence-electron chi connectivity index (χ4n) is 0.772. The van der Waals surface area contributed by atoms with E-state index >= 15 is 0 Å². The molecule has 0 bridgehead atoms. The molecule has 0 aliphatic rings. The van der Waals surface area contributed by atoms with E-state index in [2.05, 4.69) is 0 Å². The summed E-state index contributed by atoms with van der Waals surface area (Å²) in [5, 5.41) is 10.1. The maximum atomic E-state index is 10.1. The first kappa shape index (κ1) is 10.5. The number of nitrogens with zero attached hydrogens (tertiary/aromatic N) is 1. The third-order valence-electron chi connectivity index (χ3n) is 1.24. The molecule has 1 rings (SSSR count). The van der Waals surface area contributed by atoms with Crippen molar-refractivity contribution in [3.8, 4) is 0 Å². The molecule has 0 saturated heterocycles. The maximum absolute atomic E-state index is 10.1. The number of ether oxygens (including phenoxy) is 1. The Hall–Kier alpha value is -0.590. The summed E-state index contributed by atoms with van der Waals surface area (Å²) >= 11 is 2.77. The van der Waals surface area contributed by atoms with Crippen molar-refractivity contribution >= 4 is 23.1 Å². The molecule has 1 aromatic heterocycles. The van der Waals surface area contributed by atoms with Crippen LogP contribution in [-0.4, -0.2) is 17.9 Å². The Balaban J connectivity index is 2.44. The van der Waals surface area contributed by atoms with Gasteiger partial charge in [0.1, 0.15) is 0 Å². The van der Waals surface area contributed by atoms with Crippen LogP contribution >= 0.6 is 23.1 Å². The molecule has 4 nitrogen and oxygen atoms in total. The molecule has 72 valence electrons. The second kappa shape index (κ2) is 5.21. The summed E-state index contributed by atoms with van der Waals surface area (Å²) in [7, 11) is 1.63. The molecule has 0 N–H and O–H groups in total. The molecular weight excluding hydrogens is 210 g/mol. The second-order valence-electron chi connectivity index (χ2n) is 2.26. The van der Waals surface area contributed by atoms with Gasteiger partial charge in [-0.3, -0.25) is 10.1 Å². The minimum absolute atomic E-state index is 0.0765. The van der Waals surface area contributed by atoms with Crippen molar-refractivity contribution in [3.63, 3.8) is 0 Å². The Bertz CT molecular complexity index is 287. The van der Waals surface area contributed by atoms with Gasteiger partial charge in [0.05, 0.1) is 10.8 Å². The number of hydrogen-bond acceptors (Lipinski definition) is 5. The Morgan fingerprint density at radius 1 is 1.69 bits per heavy atom. The van der Waals surface area contributed by atoms with E-state index in [1.54, 1.807) is 7.11 Å². The van der Waals surface area contributed by atoms with Crippen LogP contribution in [-0.2, 0) is 11.3 Å². The molecule has 0 amide bonds. The van der Waals surface area contributed by atoms with Gasteiger partial charge in [-0.15, -0.1) is 11.3 Å².